The topological polar surface area (TPSA) is 42.2 Å². The van der Waals surface area contributed by atoms with Gasteiger partial charge in [-0.15, -0.1) is 0 Å². The molecule has 0 amide bonds. The lowest BCUT2D eigenvalue weighted by atomic mass is 10.5. The zero-order chi connectivity index (χ0) is 9.54. The minimum atomic E-state index is 0.601. The molecule has 1 aliphatic carbocycles. The first kappa shape index (κ1) is 8.23. The van der Waals surface area contributed by atoms with Gasteiger partial charge in [-0.2, -0.15) is 0 Å². The molecule has 72 valence electrons. The van der Waals surface area contributed by atoms with Crippen molar-refractivity contribution < 1.29 is 0 Å². The number of hydrogen-bond donors (Lipinski definition) is 1. The van der Waals surface area contributed by atoms with Crippen molar-refractivity contribution in [1.82, 2.24) is 14.4 Å². The van der Waals surface area contributed by atoms with Crippen LogP contribution in [0, 0.1) is 0 Å². The van der Waals surface area contributed by atoms with Gasteiger partial charge in [0.1, 0.15) is 4.60 Å². The lowest BCUT2D eigenvalue weighted by Crippen LogP contribution is -2.05. The van der Waals surface area contributed by atoms with E-state index in [2.05, 4.69) is 31.2 Å². The van der Waals surface area contributed by atoms with E-state index in [-0.39, 0.29) is 0 Å². The largest absolute Gasteiger partial charge is 0.364 e. The predicted molar refractivity (Wildman–Crippen MR) is 57.3 cm³/mol. The molecule has 1 saturated carbocycles. The molecule has 0 atom stereocenters. The van der Waals surface area contributed by atoms with Crippen molar-refractivity contribution >= 4 is 27.4 Å². The Morgan fingerprint density at radius 2 is 2.29 bits per heavy atom. The number of fused-ring (bicyclic) bond motifs is 1. The summed E-state index contributed by atoms with van der Waals surface area (Å²) in [5.74, 6) is 0.876. The van der Waals surface area contributed by atoms with Crippen LogP contribution in [0.15, 0.2) is 23.2 Å². The van der Waals surface area contributed by atoms with Gasteiger partial charge in [-0.1, -0.05) is 0 Å². The summed E-state index contributed by atoms with van der Waals surface area (Å²) in [6.45, 7) is 0. The van der Waals surface area contributed by atoms with E-state index < -0.39 is 0 Å². The fraction of sp³-hybridized carbons (Fsp3) is 0.333. The lowest BCUT2D eigenvalue weighted by Gasteiger charge is -2.05. The van der Waals surface area contributed by atoms with Gasteiger partial charge in [-0.05, 0) is 28.8 Å². The molecule has 1 aliphatic rings. The summed E-state index contributed by atoms with van der Waals surface area (Å²) >= 11 is 3.42. The Hall–Kier alpha value is -1.10. The minimum Gasteiger partial charge on any atom is -0.364 e. The van der Waals surface area contributed by atoms with Crippen LogP contribution >= 0.6 is 15.9 Å². The highest BCUT2D eigenvalue weighted by Crippen LogP contribution is 2.26. The molecule has 5 heteroatoms. The Kier molecular flexibility index (Phi) is 1.73. The normalized spacial score (nSPS) is 16.1. The number of nitrogens with one attached hydrogen (secondary N) is 1. The Bertz CT molecular complexity index is 475. The number of anilines is 1. The highest BCUT2D eigenvalue weighted by Gasteiger charge is 2.22. The first-order valence-electron chi connectivity index (χ1n) is 4.59. The monoisotopic (exact) mass is 252 g/mol. The van der Waals surface area contributed by atoms with E-state index >= 15 is 0 Å². The van der Waals surface area contributed by atoms with Gasteiger partial charge in [-0.3, -0.25) is 4.40 Å². The van der Waals surface area contributed by atoms with Gasteiger partial charge in [0, 0.05) is 18.4 Å². The standard InChI is InChI=1S/C9H9BrN4/c10-7-5-12-8(13-6-1-2-6)9-11-3-4-14(7)9/h3-6H,1-2H2,(H,12,13). The van der Waals surface area contributed by atoms with Gasteiger partial charge in [0.2, 0.25) is 0 Å². The van der Waals surface area contributed by atoms with Crippen molar-refractivity contribution in [1.29, 1.82) is 0 Å². The van der Waals surface area contributed by atoms with Crippen LogP contribution in [0.2, 0.25) is 0 Å². The summed E-state index contributed by atoms with van der Waals surface area (Å²) in [6.07, 6.45) is 7.97. The van der Waals surface area contributed by atoms with E-state index in [1.807, 2.05) is 10.6 Å². The predicted octanol–water partition coefficient (Wildman–Crippen LogP) is 2.07. The van der Waals surface area contributed by atoms with Crippen LogP contribution < -0.4 is 5.32 Å². The first-order chi connectivity index (χ1) is 6.84. The maximum absolute atomic E-state index is 4.32. The van der Waals surface area contributed by atoms with Crippen LogP contribution in [0.4, 0.5) is 5.82 Å². The highest BCUT2D eigenvalue weighted by molar-refractivity contribution is 9.10. The van der Waals surface area contributed by atoms with E-state index in [1.54, 1.807) is 12.4 Å². The third-order valence-corrected chi connectivity index (χ3v) is 2.89. The van der Waals surface area contributed by atoms with Crippen molar-refractivity contribution in [2.45, 2.75) is 18.9 Å². The molecular formula is C9H9BrN4. The SMILES string of the molecule is Brc1cnc(NC2CC2)c2nccn12. The molecule has 0 radical (unpaired) electrons. The zero-order valence-electron chi connectivity index (χ0n) is 7.44. The summed E-state index contributed by atoms with van der Waals surface area (Å²) in [7, 11) is 0. The molecule has 0 bridgehead atoms. The lowest BCUT2D eigenvalue weighted by molar-refractivity contribution is 1.05. The molecule has 2 aromatic heterocycles. The van der Waals surface area contributed by atoms with Crippen LogP contribution in [0.25, 0.3) is 5.65 Å². The summed E-state index contributed by atoms with van der Waals surface area (Å²) in [4.78, 5) is 8.59. The Morgan fingerprint density at radius 3 is 3.07 bits per heavy atom. The highest BCUT2D eigenvalue weighted by atomic mass is 79.9. The second-order valence-corrected chi connectivity index (χ2v) is 4.28. The first-order valence-corrected chi connectivity index (χ1v) is 5.38. The van der Waals surface area contributed by atoms with E-state index in [0.717, 1.165) is 16.1 Å². The summed E-state index contributed by atoms with van der Waals surface area (Å²) in [5, 5.41) is 3.36. The Labute approximate surface area is 89.5 Å². The van der Waals surface area contributed by atoms with Crippen molar-refractivity contribution in [2.24, 2.45) is 0 Å². The maximum atomic E-state index is 4.32. The average molecular weight is 253 g/mol. The van der Waals surface area contributed by atoms with Gasteiger partial charge < -0.3 is 5.32 Å². The Morgan fingerprint density at radius 1 is 1.43 bits per heavy atom. The third kappa shape index (κ3) is 1.28. The second-order valence-electron chi connectivity index (χ2n) is 3.47. The summed E-state index contributed by atoms with van der Waals surface area (Å²) in [6, 6.07) is 0.601. The van der Waals surface area contributed by atoms with E-state index in [1.165, 1.54) is 12.8 Å². The van der Waals surface area contributed by atoms with Gasteiger partial charge in [0.15, 0.2) is 11.5 Å². The number of nitrogens with zero attached hydrogens (tertiary/aromatic N) is 3. The molecule has 0 spiro atoms. The molecular weight excluding hydrogens is 244 g/mol. The quantitative estimate of drug-likeness (QED) is 0.890. The number of aromatic nitrogens is 3. The zero-order valence-corrected chi connectivity index (χ0v) is 9.03. The molecule has 4 nitrogen and oxygen atoms in total. The van der Waals surface area contributed by atoms with Gasteiger partial charge >= 0.3 is 0 Å². The van der Waals surface area contributed by atoms with Crippen LogP contribution in [0.5, 0.6) is 0 Å². The maximum Gasteiger partial charge on any atom is 0.180 e. The molecule has 2 aromatic rings. The van der Waals surface area contributed by atoms with Crippen molar-refractivity contribution in [3.63, 3.8) is 0 Å². The molecule has 1 N–H and O–H groups in total. The average Bonchev–Trinajstić information content (AvgIpc) is 2.83. The number of hydrogen-bond acceptors (Lipinski definition) is 3. The molecule has 2 heterocycles. The number of halogens is 1. The van der Waals surface area contributed by atoms with Crippen molar-refractivity contribution in [2.75, 3.05) is 5.32 Å². The molecule has 0 aliphatic heterocycles. The van der Waals surface area contributed by atoms with Crippen LogP contribution in [-0.2, 0) is 0 Å². The van der Waals surface area contributed by atoms with Crippen molar-refractivity contribution in [3.05, 3.63) is 23.2 Å². The molecule has 3 rings (SSSR count). The third-order valence-electron chi connectivity index (χ3n) is 2.30. The molecule has 1 fully saturated rings. The fourth-order valence-corrected chi connectivity index (χ4v) is 1.80. The van der Waals surface area contributed by atoms with E-state index in [9.17, 15) is 0 Å². The molecule has 0 aromatic carbocycles. The minimum absolute atomic E-state index is 0.601. The van der Waals surface area contributed by atoms with Crippen LogP contribution in [0.1, 0.15) is 12.8 Å². The van der Waals surface area contributed by atoms with Crippen molar-refractivity contribution in [3.8, 4) is 0 Å². The summed E-state index contributed by atoms with van der Waals surface area (Å²) < 4.78 is 2.89. The molecule has 14 heavy (non-hydrogen) atoms. The fourth-order valence-electron chi connectivity index (χ4n) is 1.41. The Balaban J connectivity index is 2.12. The summed E-state index contributed by atoms with van der Waals surface area (Å²) in [5.41, 5.74) is 0.881. The van der Waals surface area contributed by atoms with Gasteiger partial charge in [-0.25, -0.2) is 9.97 Å². The van der Waals surface area contributed by atoms with Crippen LogP contribution in [0.3, 0.4) is 0 Å². The second kappa shape index (κ2) is 2.95. The number of rotatable bonds is 2. The van der Waals surface area contributed by atoms with Crippen LogP contribution in [-0.4, -0.2) is 20.4 Å². The van der Waals surface area contributed by atoms with Gasteiger partial charge in [0.25, 0.3) is 0 Å². The van der Waals surface area contributed by atoms with E-state index in [0.29, 0.717) is 6.04 Å². The molecule has 0 unspecified atom stereocenters. The number of imidazole rings is 1. The van der Waals surface area contributed by atoms with E-state index in [4.69, 9.17) is 0 Å². The smallest absolute Gasteiger partial charge is 0.180 e. The molecule has 0 saturated heterocycles. The van der Waals surface area contributed by atoms with Gasteiger partial charge in [0.05, 0.1) is 6.20 Å².